The molecule has 1 aromatic heterocycles. The Hall–Kier alpha value is -3.51. The minimum absolute atomic E-state index is 0.0518. The number of hydrogen-bond donors (Lipinski definition) is 1. The molecule has 35 heavy (non-hydrogen) atoms. The van der Waals surface area contributed by atoms with Gasteiger partial charge in [0.05, 0.1) is 23.7 Å². The maximum Gasteiger partial charge on any atom is 0.258 e. The molecule has 0 saturated heterocycles. The van der Waals surface area contributed by atoms with Crippen molar-refractivity contribution in [2.45, 2.75) is 39.8 Å². The van der Waals surface area contributed by atoms with Gasteiger partial charge in [-0.25, -0.2) is 4.98 Å². The molecule has 1 atom stereocenters. The monoisotopic (exact) mass is 491 g/mol. The zero-order chi connectivity index (χ0) is 24.8. The van der Waals surface area contributed by atoms with Crippen LogP contribution in [0, 0.1) is 13.8 Å². The van der Waals surface area contributed by atoms with Gasteiger partial charge in [0.15, 0.2) is 6.61 Å². The molecule has 0 aliphatic carbocycles. The number of carbonyl (C=O) groups is 1. The van der Waals surface area contributed by atoms with E-state index in [1.807, 2.05) is 87.5 Å². The average molecular weight is 492 g/mol. The molecule has 1 heterocycles. The first-order chi connectivity index (χ1) is 16.9. The molecule has 4 aromatic rings. The van der Waals surface area contributed by atoms with E-state index in [2.05, 4.69) is 9.88 Å². The second kappa shape index (κ2) is 11.3. The van der Waals surface area contributed by atoms with E-state index in [4.69, 9.17) is 26.1 Å². The Balaban J connectivity index is 1.39. The molecule has 1 N–H and O–H groups in total. The predicted molar refractivity (Wildman–Crippen MR) is 139 cm³/mol. The minimum atomic E-state index is -0.283. The zero-order valence-electron chi connectivity index (χ0n) is 20.3. The molecule has 3 aromatic carbocycles. The first kappa shape index (κ1) is 24.6. The Morgan fingerprint density at radius 1 is 1.06 bits per heavy atom. The number of hydrogen-bond acceptors (Lipinski definition) is 4. The Morgan fingerprint density at radius 2 is 1.83 bits per heavy atom. The summed E-state index contributed by atoms with van der Waals surface area (Å²) in [5.41, 5.74) is 4.02. The molecule has 0 aliphatic heterocycles. The highest BCUT2D eigenvalue weighted by Gasteiger charge is 2.19. The zero-order valence-corrected chi connectivity index (χ0v) is 21.0. The van der Waals surface area contributed by atoms with Gasteiger partial charge < -0.3 is 19.4 Å². The number of fused-ring (bicyclic) bond motifs is 1. The number of imidazole rings is 1. The van der Waals surface area contributed by atoms with E-state index in [9.17, 15) is 4.79 Å². The van der Waals surface area contributed by atoms with Gasteiger partial charge in [0.25, 0.3) is 5.91 Å². The molecule has 0 spiro atoms. The molecule has 7 heteroatoms. The smallest absolute Gasteiger partial charge is 0.258 e. The van der Waals surface area contributed by atoms with Crippen LogP contribution >= 0.6 is 11.6 Å². The van der Waals surface area contributed by atoms with Crippen molar-refractivity contribution in [3.8, 4) is 11.5 Å². The van der Waals surface area contributed by atoms with Gasteiger partial charge in [-0.2, -0.15) is 0 Å². The summed E-state index contributed by atoms with van der Waals surface area (Å²) in [6.45, 7) is 7.12. The Labute approximate surface area is 210 Å². The Morgan fingerprint density at radius 3 is 2.63 bits per heavy atom. The lowest BCUT2D eigenvalue weighted by Crippen LogP contribution is -2.32. The average Bonchev–Trinajstić information content (AvgIpc) is 3.22. The molecule has 0 saturated carbocycles. The maximum absolute atomic E-state index is 12.7. The fourth-order valence-electron chi connectivity index (χ4n) is 3.96. The third-order valence-electron chi connectivity index (χ3n) is 5.76. The molecule has 182 valence electrons. The van der Waals surface area contributed by atoms with Crippen molar-refractivity contribution in [3.05, 3.63) is 88.7 Å². The van der Waals surface area contributed by atoms with Crippen LogP contribution in [0.15, 0.2) is 66.7 Å². The van der Waals surface area contributed by atoms with E-state index in [1.54, 1.807) is 0 Å². The lowest BCUT2D eigenvalue weighted by molar-refractivity contribution is -0.123. The second-order valence-corrected chi connectivity index (χ2v) is 9.05. The second-order valence-electron chi connectivity index (χ2n) is 8.61. The number of para-hydroxylation sites is 2. The van der Waals surface area contributed by atoms with Crippen LogP contribution in [0.2, 0.25) is 5.02 Å². The van der Waals surface area contributed by atoms with E-state index in [0.717, 1.165) is 45.9 Å². The quantitative estimate of drug-likeness (QED) is 0.275. The largest absolute Gasteiger partial charge is 0.494 e. The molecule has 0 aliphatic rings. The highest BCUT2D eigenvalue weighted by Crippen LogP contribution is 2.22. The summed E-state index contributed by atoms with van der Waals surface area (Å²) in [5.74, 6) is 2.12. The highest BCUT2D eigenvalue weighted by atomic mass is 35.5. The van der Waals surface area contributed by atoms with Gasteiger partial charge in [-0.05, 0) is 80.8 Å². The topological polar surface area (TPSA) is 65.4 Å². The number of nitrogens with one attached hydrogen (secondary N) is 1. The fraction of sp³-hybridized carbons (Fsp3) is 0.286. The van der Waals surface area contributed by atoms with Gasteiger partial charge >= 0.3 is 0 Å². The van der Waals surface area contributed by atoms with Gasteiger partial charge in [0.1, 0.15) is 17.3 Å². The summed E-state index contributed by atoms with van der Waals surface area (Å²) < 4.78 is 13.8. The number of ether oxygens (including phenoxy) is 2. The van der Waals surface area contributed by atoms with Gasteiger partial charge in [0, 0.05) is 11.6 Å². The number of aryl methyl sites for hydroxylation is 3. The van der Waals surface area contributed by atoms with Gasteiger partial charge in [-0.3, -0.25) is 4.79 Å². The molecule has 4 rings (SSSR count). The molecule has 1 amide bonds. The van der Waals surface area contributed by atoms with Gasteiger partial charge in [0.2, 0.25) is 0 Å². The molecule has 6 nitrogen and oxygen atoms in total. The van der Waals surface area contributed by atoms with E-state index < -0.39 is 0 Å². The minimum Gasteiger partial charge on any atom is -0.494 e. The van der Waals surface area contributed by atoms with Crippen LogP contribution in [0.1, 0.15) is 36.3 Å². The number of aromatic nitrogens is 2. The van der Waals surface area contributed by atoms with Crippen molar-refractivity contribution >= 4 is 28.5 Å². The maximum atomic E-state index is 12.7. The Kier molecular flexibility index (Phi) is 7.93. The highest BCUT2D eigenvalue weighted by molar-refractivity contribution is 6.30. The number of benzene rings is 3. The van der Waals surface area contributed by atoms with Crippen LogP contribution in [0.5, 0.6) is 11.5 Å². The summed E-state index contributed by atoms with van der Waals surface area (Å²) in [7, 11) is 0. The Bertz CT molecular complexity index is 1300. The van der Waals surface area contributed by atoms with E-state index in [1.165, 1.54) is 0 Å². The summed E-state index contributed by atoms with van der Waals surface area (Å²) in [6.07, 6.45) is 0.784. The lowest BCUT2D eigenvalue weighted by atomic mass is 10.1. The van der Waals surface area contributed by atoms with Gasteiger partial charge in [-0.15, -0.1) is 0 Å². The van der Waals surface area contributed by atoms with Crippen LogP contribution in [0.3, 0.4) is 0 Å². The molecular weight excluding hydrogens is 462 g/mol. The summed E-state index contributed by atoms with van der Waals surface area (Å²) in [5, 5.41) is 3.72. The first-order valence-electron chi connectivity index (χ1n) is 11.7. The molecule has 0 fully saturated rings. The third-order valence-corrected chi connectivity index (χ3v) is 6.01. The van der Waals surface area contributed by atoms with Crippen LogP contribution in [0.4, 0.5) is 0 Å². The SMILES string of the molecule is Cc1ccc(C)c(OCC(=O)NC(C)c2nc3ccccc3n2CCCOc2ccc(Cl)cc2)c1. The van der Waals surface area contributed by atoms with Crippen molar-refractivity contribution in [2.75, 3.05) is 13.2 Å². The number of carbonyl (C=O) groups excluding carboxylic acids is 1. The van der Waals surface area contributed by atoms with Crippen molar-refractivity contribution in [1.82, 2.24) is 14.9 Å². The molecule has 1 unspecified atom stereocenters. The number of rotatable bonds is 10. The fourth-order valence-corrected chi connectivity index (χ4v) is 4.08. The third kappa shape index (κ3) is 6.34. The number of nitrogens with zero attached hydrogens (tertiary/aromatic N) is 2. The summed E-state index contributed by atoms with van der Waals surface area (Å²) in [6, 6.07) is 21.0. The van der Waals surface area contributed by atoms with E-state index >= 15 is 0 Å². The standard InChI is InChI=1S/C28H30ClN3O3/c1-19-9-10-20(2)26(17-19)35-18-27(33)30-21(3)28-31-24-7-4-5-8-25(24)32(28)15-6-16-34-23-13-11-22(29)12-14-23/h4-5,7-14,17,21H,6,15-16,18H2,1-3H3,(H,30,33). The number of halogens is 1. The first-order valence-corrected chi connectivity index (χ1v) is 12.1. The molecule has 0 bridgehead atoms. The van der Waals surface area contributed by atoms with Crippen LogP contribution in [-0.4, -0.2) is 28.7 Å². The molecular formula is C28H30ClN3O3. The van der Waals surface area contributed by atoms with Crippen molar-refractivity contribution in [1.29, 1.82) is 0 Å². The normalized spacial score (nSPS) is 11.9. The predicted octanol–water partition coefficient (Wildman–Crippen LogP) is 6.03. The van der Waals surface area contributed by atoms with Crippen molar-refractivity contribution in [3.63, 3.8) is 0 Å². The van der Waals surface area contributed by atoms with E-state index in [-0.39, 0.29) is 18.6 Å². The summed E-state index contributed by atoms with van der Waals surface area (Å²) >= 11 is 5.94. The summed E-state index contributed by atoms with van der Waals surface area (Å²) in [4.78, 5) is 17.5. The van der Waals surface area contributed by atoms with Crippen LogP contribution in [0.25, 0.3) is 11.0 Å². The van der Waals surface area contributed by atoms with Crippen LogP contribution in [-0.2, 0) is 11.3 Å². The van der Waals surface area contributed by atoms with Crippen molar-refractivity contribution < 1.29 is 14.3 Å². The van der Waals surface area contributed by atoms with Gasteiger partial charge in [-0.1, -0.05) is 35.9 Å². The van der Waals surface area contributed by atoms with E-state index in [0.29, 0.717) is 18.2 Å². The van der Waals surface area contributed by atoms with Crippen molar-refractivity contribution in [2.24, 2.45) is 0 Å². The molecule has 0 radical (unpaired) electrons. The van der Waals surface area contributed by atoms with Crippen LogP contribution < -0.4 is 14.8 Å². The lowest BCUT2D eigenvalue weighted by Gasteiger charge is -2.17. The number of amides is 1.